The maximum absolute atomic E-state index is 11.8. The third-order valence-corrected chi connectivity index (χ3v) is 4.15. The van der Waals surface area contributed by atoms with Gasteiger partial charge in [0, 0.05) is 10.6 Å². The van der Waals surface area contributed by atoms with Crippen molar-refractivity contribution in [1.29, 1.82) is 0 Å². The second-order valence-electron chi connectivity index (χ2n) is 3.73. The number of ether oxygens (including phenoxy) is 1. The van der Waals surface area contributed by atoms with Crippen molar-refractivity contribution in [2.24, 2.45) is 0 Å². The average Bonchev–Trinajstić information content (AvgIpc) is 2.67. The molecule has 1 aromatic heterocycles. The molecule has 0 saturated carbocycles. The zero-order chi connectivity index (χ0) is 14.0. The molecule has 1 heterocycles. The summed E-state index contributed by atoms with van der Waals surface area (Å²) in [4.78, 5) is 14.8. The lowest BCUT2D eigenvalue weighted by Gasteiger charge is -2.02. The minimum atomic E-state index is -0.393. The van der Waals surface area contributed by atoms with Crippen molar-refractivity contribution in [1.82, 2.24) is 4.98 Å². The van der Waals surface area contributed by atoms with Crippen LogP contribution < -0.4 is 0 Å². The highest BCUT2D eigenvalue weighted by Gasteiger charge is 2.21. The van der Waals surface area contributed by atoms with Gasteiger partial charge >= 0.3 is 5.97 Å². The number of H-pyrrole nitrogens is 1. The van der Waals surface area contributed by atoms with Crippen LogP contribution in [0.25, 0.3) is 11.1 Å². The number of esters is 1. The minimum Gasteiger partial charge on any atom is -0.461 e. The molecule has 1 aromatic carbocycles. The van der Waals surface area contributed by atoms with Crippen molar-refractivity contribution in [3.63, 3.8) is 0 Å². The fourth-order valence-electron chi connectivity index (χ4n) is 1.66. The zero-order valence-corrected chi connectivity index (χ0v) is 13.9. The highest BCUT2D eigenvalue weighted by Crippen LogP contribution is 2.38. The van der Waals surface area contributed by atoms with Crippen molar-refractivity contribution >= 4 is 49.4 Å². The van der Waals surface area contributed by atoms with E-state index in [0.29, 0.717) is 26.4 Å². The van der Waals surface area contributed by atoms with Crippen LogP contribution in [0.3, 0.4) is 0 Å². The quantitative estimate of drug-likeness (QED) is 0.725. The number of rotatable bonds is 3. The van der Waals surface area contributed by atoms with Crippen LogP contribution in [0, 0.1) is 0 Å². The molecule has 0 aliphatic carbocycles. The summed E-state index contributed by atoms with van der Waals surface area (Å²) in [5.74, 6) is -0.393. The first-order valence-electron chi connectivity index (χ1n) is 5.54. The van der Waals surface area contributed by atoms with Gasteiger partial charge in [0.1, 0.15) is 5.69 Å². The van der Waals surface area contributed by atoms with E-state index in [-0.39, 0.29) is 0 Å². The summed E-state index contributed by atoms with van der Waals surface area (Å²) in [6.07, 6.45) is 0. The van der Waals surface area contributed by atoms with Gasteiger partial charge in [-0.05, 0) is 56.5 Å². The normalized spacial score (nSPS) is 10.5. The van der Waals surface area contributed by atoms with Crippen LogP contribution in [0.4, 0.5) is 0 Å². The van der Waals surface area contributed by atoms with E-state index in [1.54, 1.807) is 19.1 Å². The molecular weight excluding hydrogens is 397 g/mol. The summed E-state index contributed by atoms with van der Waals surface area (Å²) >= 11 is 12.7. The number of carbonyl (C=O) groups excluding carboxylic acids is 1. The Hall–Kier alpha value is -0.780. The topological polar surface area (TPSA) is 42.1 Å². The van der Waals surface area contributed by atoms with Gasteiger partial charge in [0.25, 0.3) is 0 Å². The monoisotopic (exact) mass is 405 g/mol. The van der Waals surface area contributed by atoms with Gasteiger partial charge in [-0.15, -0.1) is 0 Å². The summed E-state index contributed by atoms with van der Waals surface area (Å²) in [7, 11) is 0. The summed E-state index contributed by atoms with van der Waals surface area (Å²) < 4.78 is 6.37. The molecule has 0 amide bonds. The fourth-order valence-corrected chi connectivity index (χ4v) is 3.37. The number of nitrogens with one attached hydrogen (secondary N) is 1. The van der Waals surface area contributed by atoms with E-state index in [9.17, 15) is 4.79 Å². The Kier molecular flexibility index (Phi) is 4.71. The van der Waals surface area contributed by atoms with Crippen LogP contribution in [-0.4, -0.2) is 17.6 Å². The summed E-state index contributed by atoms with van der Waals surface area (Å²) in [6.45, 7) is 2.10. The lowest BCUT2D eigenvalue weighted by atomic mass is 10.1. The van der Waals surface area contributed by atoms with Gasteiger partial charge in [0.05, 0.1) is 15.7 Å². The van der Waals surface area contributed by atoms with E-state index in [1.165, 1.54) is 0 Å². The number of hydrogen-bond acceptors (Lipinski definition) is 2. The maximum Gasteiger partial charge on any atom is 0.355 e. The molecule has 2 rings (SSSR count). The van der Waals surface area contributed by atoms with Crippen LogP contribution in [0.2, 0.25) is 5.02 Å². The van der Waals surface area contributed by atoms with E-state index < -0.39 is 5.97 Å². The number of hydrogen-bond donors (Lipinski definition) is 1. The Morgan fingerprint density at radius 2 is 1.95 bits per heavy atom. The van der Waals surface area contributed by atoms with E-state index in [2.05, 4.69) is 36.8 Å². The summed E-state index contributed by atoms with van der Waals surface area (Å²) in [5, 5.41) is 0.664. The van der Waals surface area contributed by atoms with E-state index in [1.807, 2.05) is 12.1 Å². The van der Waals surface area contributed by atoms with Gasteiger partial charge in [0.2, 0.25) is 0 Å². The first-order valence-corrected chi connectivity index (χ1v) is 7.51. The third kappa shape index (κ3) is 3.04. The van der Waals surface area contributed by atoms with Crippen LogP contribution in [0.15, 0.2) is 33.3 Å². The Labute approximate surface area is 132 Å². The molecule has 3 nitrogen and oxygen atoms in total. The SMILES string of the molecule is CCOC(=O)c1[nH]c(Br)c(-c2ccc(Cl)cc2)c1Br. The highest BCUT2D eigenvalue weighted by molar-refractivity contribution is 9.11. The van der Waals surface area contributed by atoms with E-state index in [4.69, 9.17) is 16.3 Å². The van der Waals surface area contributed by atoms with Crippen LogP contribution in [-0.2, 0) is 4.74 Å². The summed E-state index contributed by atoms with van der Waals surface area (Å²) in [5.41, 5.74) is 2.19. The maximum atomic E-state index is 11.8. The average molecular weight is 407 g/mol. The Bertz CT molecular complexity index is 608. The first-order chi connectivity index (χ1) is 9.04. The van der Waals surface area contributed by atoms with Crippen molar-refractivity contribution in [2.45, 2.75) is 6.92 Å². The lowest BCUT2D eigenvalue weighted by molar-refractivity contribution is 0.0519. The molecule has 0 fully saturated rings. The molecule has 100 valence electrons. The Balaban J connectivity index is 2.47. The largest absolute Gasteiger partial charge is 0.461 e. The molecule has 0 atom stereocenters. The first kappa shape index (κ1) is 14.6. The van der Waals surface area contributed by atoms with Gasteiger partial charge in [-0.1, -0.05) is 23.7 Å². The minimum absolute atomic E-state index is 0.332. The molecule has 0 bridgehead atoms. The van der Waals surface area contributed by atoms with Crippen molar-refractivity contribution in [2.75, 3.05) is 6.61 Å². The van der Waals surface area contributed by atoms with Crippen LogP contribution in [0.1, 0.15) is 17.4 Å². The Morgan fingerprint density at radius 3 is 2.53 bits per heavy atom. The molecule has 0 aliphatic heterocycles. The molecule has 2 aromatic rings. The molecule has 0 aliphatic rings. The Morgan fingerprint density at radius 1 is 1.32 bits per heavy atom. The molecule has 19 heavy (non-hydrogen) atoms. The van der Waals surface area contributed by atoms with Crippen molar-refractivity contribution in [3.05, 3.63) is 44.1 Å². The fraction of sp³-hybridized carbons (Fsp3) is 0.154. The van der Waals surface area contributed by atoms with E-state index >= 15 is 0 Å². The lowest BCUT2D eigenvalue weighted by Crippen LogP contribution is -2.05. The smallest absolute Gasteiger partial charge is 0.355 e. The second kappa shape index (κ2) is 6.11. The molecule has 0 radical (unpaired) electrons. The van der Waals surface area contributed by atoms with Gasteiger partial charge in [-0.25, -0.2) is 4.79 Å². The predicted octanol–water partition coefficient (Wildman–Crippen LogP) is 5.04. The second-order valence-corrected chi connectivity index (χ2v) is 5.75. The molecule has 0 unspecified atom stereocenters. The molecular formula is C13H10Br2ClNO2. The standard InChI is InChI=1S/C13H10Br2ClNO2/c1-2-19-13(18)11-10(14)9(12(15)17-11)7-3-5-8(16)6-4-7/h3-6,17H,2H2,1H3. The third-order valence-electron chi connectivity index (χ3n) is 2.51. The number of benzene rings is 1. The van der Waals surface area contributed by atoms with Crippen molar-refractivity contribution in [3.8, 4) is 11.1 Å². The summed E-state index contributed by atoms with van der Waals surface area (Å²) in [6, 6.07) is 7.37. The number of halogens is 3. The number of aromatic nitrogens is 1. The van der Waals surface area contributed by atoms with Gasteiger partial charge in [0.15, 0.2) is 0 Å². The zero-order valence-electron chi connectivity index (χ0n) is 9.97. The molecule has 1 N–H and O–H groups in total. The highest BCUT2D eigenvalue weighted by atomic mass is 79.9. The van der Waals surface area contributed by atoms with Gasteiger partial charge < -0.3 is 9.72 Å². The van der Waals surface area contributed by atoms with Gasteiger partial charge in [-0.2, -0.15) is 0 Å². The van der Waals surface area contributed by atoms with E-state index in [0.717, 1.165) is 11.1 Å². The number of carbonyl (C=O) groups is 1. The van der Waals surface area contributed by atoms with Crippen LogP contribution in [0.5, 0.6) is 0 Å². The van der Waals surface area contributed by atoms with Crippen LogP contribution >= 0.6 is 43.5 Å². The van der Waals surface area contributed by atoms with Gasteiger partial charge in [-0.3, -0.25) is 0 Å². The molecule has 6 heteroatoms. The number of aromatic amines is 1. The molecule has 0 spiro atoms. The van der Waals surface area contributed by atoms with Crippen molar-refractivity contribution < 1.29 is 9.53 Å². The molecule has 0 saturated heterocycles. The predicted molar refractivity (Wildman–Crippen MR) is 82.6 cm³/mol.